The van der Waals surface area contributed by atoms with Crippen LogP contribution < -0.4 is 5.32 Å². The van der Waals surface area contributed by atoms with Crippen molar-refractivity contribution in [3.8, 4) is 0 Å². The number of carbonyl (C=O) groups is 1. The summed E-state index contributed by atoms with van der Waals surface area (Å²) >= 11 is 0. The summed E-state index contributed by atoms with van der Waals surface area (Å²) in [6.07, 6.45) is 8.13. The number of benzene rings is 1. The lowest BCUT2D eigenvalue weighted by atomic mass is 9.84. The number of rotatable bonds is 7. The van der Waals surface area contributed by atoms with Crippen molar-refractivity contribution in [3.05, 3.63) is 48.0 Å². The first-order valence-corrected chi connectivity index (χ1v) is 10.6. The fourth-order valence-corrected chi connectivity index (χ4v) is 4.37. The predicted molar refractivity (Wildman–Crippen MR) is 109 cm³/mol. The van der Waals surface area contributed by atoms with Crippen molar-refractivity contribution in [2.45, 2.75) is 50.5 Å². The molecule has 1 saturated heterocycles. The molecule has 2 heterocycles. The summed E-state index contributed by atoms with van der Waals surface area (Å²) < 4.78 is 1.90. The van der Waals surface area contributed by atoms with Crippen LogP contribution in [0.2, 0.25) is 0 Å². The van der Waals surface area contributed by atoms with Gasteiger partial charge in [-0.1, -0.05) is 36.8 Å². The Kier molecular flexibility index (Phi) is 6.05. The molecule has 0 radical (unpaired) electrons. The number of hydrogen-bond donors (Lipinski definition) is 1. The van der Waals surface area contributed by atoms with Crippen LogP contribution in [0.1, 0.15) is 61.9 Å². The Morgan fingerprint density at radius 3 is 2.54 bits per heavy atom. The van der Waals surface area contributed by atoms with Gasteiger partial charge in [-0.05, 0) is 50.8 Å². The van der Waals surface area contributed by atoms with E-state index in [4.69, 9.17) is 0 Å². The van der Waals surface area contributed by atoms with Gasteiger partial charge in [-0.2, -0.15) is 5.10 Å². The van der Waals surface area contributed by atoms with Crippen molar-refractivity contribution in [3.63, 3.8) is 0 Å². The minimum Gasteiger partial charge on any atom is -0.349 e. The summed E-state index contributed by atoms with van der Waals surface area (Å²) in [7, 11) is 1.98. The molecule has 6 heteroatoms. The summed E-state index contributed by atoms with van der Waals surface area (Å²) in [6, 6.07) is 10.5. The fourth-order valence-electron chi connectivity index (χ4n) is 4.37. The highest BCUT2D eigenvalue weighted by Crippen LogP contribution is 2.29. The number of aromatic nitrogens is 3. The highest BCUT2D eigenvalue weighted by Gasteiger charge is 2.28. The molecule has 6 nitrogen and oxygen atoms in total. The maximum Gasteiger partial charge on any atom is 0.223 e. The topological polar surface area (TPSA) is 63.1 Å². The minimum atomic E-state index is 0.103. The third-order valence-corrected chi connectivity index (χ3v) is 6.43. The van der Waals surface area contributed by atoms with Gasteiger partial charge in [-0.15, -0.1) is 0 Å². The molecule has 2 aromatic rings. The van der Waals surface area contributed by atoms with Crippen molar-refractivity contribution in [2.24, 2.45) is 13.0 Å². The first kappa shape index (κ1) is 19.1. The second kappa shape index (κ2) is 8.86. The third-order valence-electron chi connectivity index (χ3n) is 6.43. The van der Waals surface area contributed by atoms with Crippen LogP contribution in [0.15, 0.2) is 36.7 Å². The van der Waals surface area contributed by atoms with Gasteiger partial charge in [0, 0.05) is 25.4 Å². The molecule has 1 amide bonds. The summed E-state index contributed by atoms with van der Waals surface area (Å²) in [6.45, 7) is 3.17. The summed E-state index contributed by atoms with van der Waals surface area (Å²) in [4.78, 5) is 19.5. The van der Waals surface area contributed by atoms with E-state index in [1.165, 1.54) is 12.0 Å². The number of aryl methyl sites for hydroxylation is 1. The van der Waals surface area contributed by atoms with Crippen molar-refractivity contribution < 1.29 is 4.79 Å². The molecule has 1 aliphatic carbocycles. The van der Waals surface area contributed by atoms with E-state index in [9.17, 15) is 4.79 Å². The largest absolute Gasteiger partial charge is 0.349 e. The summed E-state index contributed by atoms with van der Waals surface area (Å²) in [5, 5.41) is 7.54. The molecular formula is C22H31N5O. The lowest BCUT2D eigenvalue weighted by Gasteiger charge is -2.33. The van der Waals surface area contributed by atoms with Gasteiger partial charge >= 0.3 is 0 Å². The zero-order valence-electron chi connectivity index (χ0n) is 16.8. The van der Waals surface area contributed by atoms with Crippen LogP contribution in [0.25, 0.3) is 0 Å². The van der Waals surface area contributed by atoms with Crippen LogP contribution in [-0.2, 0) is 11.8 Å². The minimum absolute atomic E-state index is 0.103. The molecule has 1 aromatic carbocycles. The quantitative estimate of drug-likeness (QED) is 0.801. The Bertz CT molecular complexity index is 762. The molecule has 150 valence electrons. The smallest absolute Gasteiger partial charge is 0.223 e. The Morgan fingerprint density at radius 1 is 1.18 bits per heavy atom. The molecule has 1 unspecified atom stereocenters. The second-order valence-corrected chi connectivity index (χ2v) is 8.25. The molecule has 1 saturated carbocycles. The predicted octanol–water partition coefficient (Wildman–Crippen LogP) is 3.04. The van der Waals surface area contributed by atoms with Gasteiger partial charge in [0.15, 0.2) is 0 Å². The van der Waals surface area contributed by atoms with Crippen molar-refractivity contribution >= 4 is 5.91 Å². The number of amides is 1. The maximum absolute atomic E-state index is 12.5. The number of carbonyl (C=O) groups excluding carboxylic acids is 1. The molecule has 2 aliphatic rings. The van der Waals surface area contributed by atoms with Crippen LogP contribution in [0, 0.1) is 5.92 Å². The van der Waals surface area contributed by atoms with Gasteiger partial charge in [0.2, 0.25) is 5.91 Å². The zero-order chi connectivity index (χ0) is 19.3. The Balaban J connectivity index is 1.31. The lowest BCUT2D eigenvalue weighted by Crippen LogP contribution is -2.39. The van der Waals surface area contributed by atoms with Gasteiger partial charge < -0.3 is 10.2 Å². The Morgan fingerprint density at radius 2 is 1.93 bits per heavy atom. The van der Waals surface area contributed by atoms with Gasteiger partial charge in [0.1, 0.15) is 12.2 Å². The molecule has 1 N–H and O–H groups in total. The molecule has 1 atom stereocenters. The standard InChI is InChI=1S/C22H31N5O/c1-26-21(23-16-24-26)18-10-13-27(14-11-18)15-12-20(17-6-3-2-4-7-17)25-22(28)19-8-5-9-19/h2-4,6-7,16,18-20H,5,8-15H2,1H3,(H,25,28). The molecule has 0 spiro atoms. The van der Waals surface area contributed by atoms with E-state index in [0.29, 0.717) is 5.92 Å². The lowest BCUT2D eigenvalue weighted by molar-refractivity contribution is -0.128. The molecular weight excluding hydrogens is 350 g/mol. The van der Waals surface area contributed by atoms with Gasteiger partial charge in [0.05, 0.1) is 6.04 Å². The van der Waals surface area contributed by atoms with Crippen LogP contribution in [-0.4, -0.2) is 45.2 Å². The van der Waals surface area contributed by atoms with E-state index < -0.39 is 0 Å². The first-order valence-electron chi connectivity index (χ1n) is 10.6. The number of likely N-dealkylation sites (tertiary alicyclic amines) is 1. The maximum atomic E-state index is 12.5. The number of piperidine rings is 1. The van der Waals surface area contributed by atoms with Gasteiger partial charge in [-0.3, -0.25) is 9.48 Å². The molecule has 1 aromatic heterocycles. The normalized spacial score (nSPS) is 19.9. The van der Waals surface area contributed by atoms with Crippen LogP contribution in [0.5, 0.6) is 0 Å². The van der Waals surface area contributed by atoms with Gasteiger partial charge in [0.25, 0.3) is 0 Å². The number of hydrogen-bond acceptors (Lipinski definition) is 4. The SMILES string of the molecule is Cn1ncnc1C1CCN(CCC(NC(=O)C2CCC2)c2ccccc2)CC1. The number of nitrogens with one attached hydrogen (secondary N) is 1. The van der Waals surface area contributed by atoms with Crippen LogP contribution in [0.3, 0.4) is 0 Å². The molecule has 2 fully saturated rings. The Hall–Kier alpha value is -2.21. The Labute approximate surface area is 167 Å². The van der Waals surface area contributed by atoms with Crippen molar-refractivity contribution in [1.82, 2.24) is 25.0 Å². The summed E-state index contributed by atoms with van der Waals surface area (Å²) in [5.41, 5.74) is 1.21. The monoisotopic (exact) mass is 381 g/mol. The van der Waals surface area contributed by atoms with E-state index in [1.807, 2.05) is 17.8 Å². The van der Waals surface area contributed by atoms with Crippen LogP contribution in [0.4, 0.5) is 0 Å². The second-order valence-electron chi connectivity index (χ2n) is 8.25. The zero-order valence-corrected chi connectivity index (χ0v) is 16.8. The highest BCUT2D eigenvalue weighted by atomic mass is 16.2. The fraction of sp³-hybridized carbons (Fsp3) is 0.591. The van der Waals surface area contributed by atoms with E-state index in [2.05, 4.69) is 44.6 Å². The molecule has 0 bridgehead atoms. The molecule has 1 aliphatic heterocycles. The molecule has 28 heavy (non-hydrogen) atoms. The first-order chi connectivity index (χ1) is 13.7. The molecule has 4 rings (SSSR count). The van der Waals surface area contributed by atoms with Crippen molar-refractivity contribution in [1.29, 1.82) is 0 Å². The van der Waals surface area contributed by atoms with Crippen molar-refractivity contribution in [2.75, 3.05) is 19.6 Å². The van der Waals surface area contributed by atoms with E-state index in [-0.39, 0.29) is 17.9 Å². The van der Waals surface area contributed by atoms with E-state index in [0.717, 1.165) is 57.6 Å². The average molecular weight is 382 g/mol. The third kappa shape index (κ3) is 4.43. The van der Waals surface area contributed by atoms with E-state index in [1.54, 1.807) is 6.33 Å². The average Bonchev–Trinajstić information content (AvgIpc) is 3.11. The van der Waals surface area contributed by atoms with Gasteiger partial charge in [-0.25, -0.2) is 4.98 Å². The number of nitrogens with zero attached hydrogens (tertiary/aromatic N) is 4. The van der Waals surface area contributed by atoms with Crippen LogP contribution >= 0.6 is 0 Å². The highest BCUT2D eigenvalue weighted by molar-refractivity contribution is 5.79. The summed E-state index contributed by atoms with van der Waals surface area (Å²) in [5.74, 6) is 2.08. The van der Waals surface area contributed by atoms with E-state index >= 15 is 0 Å².